The molecule has 0 radical (unpaired) electrons. The van der Waals surface area contributed by atoms with E-state index in [1.54, 1.807) is 0 Å². The van der Waals surface area contributed by atoms with Crippen molar-refractivity contribution in [2.75, 3.05) is 19.7 Å². The molecule has 0 saturated carbocycles. The summed E-state index contributed by atoms with van der Waals surface area (Å²) in [6.45, 7) is 9.80. The summed E-state index contributed by atoms with van der Waals surface area (Å²) >= 11 is 0. The van der Waals surface area contributed by atoms with E-state index in [-0.39, 0.29) is 0 Å². The highest BCUT2D eigenvalue weighted by Crippen LogP contribution is 2.29. The van der Waals surface area contributed by atoms with Crippen molar-refractivity contribution in [1.82, 2.24) is 4.90 Å². The van der Waals surface area contributed by atoms with Gasteiger partial charge >= 0.3 is 0 Å². The molecule has 0 amide bonds. The van der Waals surface area contributed by atoms with Gasteiger partial charge in [-0.05, 0) is 69.0 Å². The summed E-state index contributed by atoms with van der Waals surface area (Å²) in [6.07, 6.45) is 4.89. The summed E-state index contributed by atoms with van der Waals surface area (Å²) in [4.78, 5) is 2.67. The topological polar surface area (TPSA) is 12.5 Å². The Labute approximate surface area is 117 Å². The van der Waals surface area contributed by atoms with Crippen LogP contribution in [0.5, 0.6) is 5.75 Å². The summed E-state index contributed by atoms with van der Waals surface area (Å²) in [7, 11) is 0. The normalized spacial score (nSPS) is 17.8. The highest BCUT2D eigenvalue weighted by molar-refractivity contribution is 5.40. The van der Waals surface area contributed by atoms with Gasteiger partial charge in [0.1, 0.15) is 5.75 Å². The van der Waals surface area contributed by atoms with E-state index in [0.717, 1.165) is 12.4 Å². The van der Waals surface area contributed by atoms with Gasteiger partial charge < -0.3 is 4.74 Å². The Morgan fingerprint density at radius 3 is 2.37 bits per heavy atom. The van der Waals surface area contributed by atoms with Crippen LogP contribution in [0.4, 0.5) is 0 Å². The van der Waals surface area contributed by atoms with Gasteiger partial charge in [-0.2, -0.15) is 0 Å². The lowest BCUT2D eigenvalue weighted by Crippen LogP contribution is -2.37. The van der Waals surface area contributed by atoms with Crippen LogP contribution in [-0.2, 0) is 12.8 Å². The number of fused-ring (bicyclic) bond motifs is 1. The van der Waals surface area contributed by atoms with Crippen molar-refractivity contribution < 1.29 is 4.74 Å². The van der Waals surface area contributed by atoms with E-state index in [0.29, 0.717) is 6.04 Å². The Hall–Kier alpha value is -1.02. The minimum absolute atomic E-state index is 0.701. The van der Waals surface area contributed by atoms with E-state index in [9.17, 15) is 0 Å². The predicted octanol–water partition coefficient (Wildman–Crippen LogP) is 3.67. The van der Waals surface area contributed by atoms with Crippen molar-refractivity contribution in [2.24, 2.45) is 0 Å². The molecule has 0 bridgehead atoms. The lowest BCUT2D eigenvalue weighted by Gasteiger charge is -2.27. The Balaban J connectivity index is 2.05. The molecule has 2 rings (SSSR count). The van der Waals surface area contributed by atoms with Crippen LogP contribution in [0.3, 0.4) is 0 Å². The molecule has 19 heavy (non-hydrogen) atoms. The Bertz CT molecular complexity index is 396. The highest BCUT2D eigenvalue weighted by atomic mass is 16.5. The van der Waals surface area contributed by atoms with Crippen molar-refractivity contribution >= 4 is 0 Å². The van der Waals surface area contributed by atoms with Gasteiger partial charge in [-0.3, -0.25) is 4.90 Å². The predicted molar refractivity (Wildman–Crippen MR) is 81.0 cm³/mol. The standard InChI is InChI=1S/C17H27NO/c1-4-9-18(10-5-2)16-11-14-7-8-17(19-6-3)13-15(14)12-16/h7-8,13,16H,4-6,9-12H2,1-3H3/t16-/m1/s1. The zero-order chi connectivity index (χ0) is 13.7. The number of hydrogen-bond acceptors (Lipinski definition) is 2. The quantitative estimate of drug-likeness (QED) is 0.742. The van der Waals surface area contributed by atoms with Crippen LogP contribution in [0.1, 0.15) is 44.7 Å². The molecule has 1 aromatic carbocycles. The molecule has 0 fully saturated rings. The van der Waals surface area contributed by atoms with Crippen LogP contribution in [0.25, 0.3) is 0 Å². The van der Waals surface area contributed by atoms with Gasteiger partial charge in [-0.25, -0.2) is 0 Å². The molecule has 2 nitrogen and oxygen atoms in total. The molecule has 1 aliphatic rings. The minimum atomic E-state index is 0.701. The first-order chi connectivity index (χ1) is 9.28. The van der Waals surface area contributed by atoms with Crippen LogP contribution in [0.15, 0.2) is 18.2 Å². The monoisotopic (exact) mass is 261 g/mol. The van der Waals surface area contributed by atoms with Gasteiger partial charge in [-0.1, -0.05) is 19.9 Å². The first-order valence-corrected chi connectivity index (χ1v) is 7.77. The fourth-order valence-electron chi connectivity index (χ4n) is 3.14. The van der Waals surface area contributed by atoms with Crippen molar-refractivity contribution in [2.45, 2.75) is 52.5 Å². The summed E-state index contributed by atoms with van der Waals surface area (Å²) in [5.74, 6) is 1.03. The molecule has 106 valence electrons. The number of ether oxygens (including phenoxy) is 1. The van der Waals surface area contributed by atoms with E-state index in [4.69, 9.17) is 4.74 Å². The average molecular weight is 261 g/mol. The molecule has 0 aliphatic heterocycles. The zero-order valence-electron chi connectivity index (χ0n) is 12.6. The maximum Gasteiger partial charge on any atom is 0.119 e. The number of nitrogens with zero attached hydrogens (tertiary/aromatic N) is 1. The number of benzene rings is 1. The van der Waals surface area contributed by atoms with Gasteiger partial charge in [0.25, 0.3) is 0 Å². The number of hydrogen-bond donors (Lipinski definition) is 0. The highest BCUT2D eigenvalue weighted by Gasteiger charge is 2.26. The van der Waals surface area contributed by atoms with Crippen molar-refractivity contribution in [3.8, 4) is 5.75 Å². The number of rotatable bonds is 7. The molecule has 0 saturated heterocycles. The molecule has 0 spiro atoms. The van der Waals surface area contributed by atoms with E-state index in [1.165, 1.54) is 49.9 Å². The van der Waals surface area contributed by atoms with Crippen LogP contribution >= 0.6 is 0 Å². The van der Waals surface area contributed by atoms with Crippen LogP contribution in [0.2, 0.25) is 0 Å². The molecular formula is C17H27NO. The van der Waals surface area contributed by atoms with Crippen molar-refractivity contribution in [3.63, 3.8) is 0 Å². The molecule has 2 heteroatoms. The summed E-state index contributed by atoms with van der Waals surface area (Å²) < 4.78 is 5.61. The molecule has 0 N–H and O–H groups in total. The van der Waals surface area contributed by atoms with E-state index < -0.39 is 0 Å². The Kier molecular flexibility index (Phi) is 5.26. The lowest BCUT2D eigenvalue weighted by molar-refractivity contribution is 0.202. The minimum Gasteiger partial charge on any atom is -0.494 e. The summed E-state index contributed by atoms with van der Waals surface area (Å²) in [6, 6.07) is 7.33. The summed E-state index contributed by atoms with van der Waals surface area (Å²) in [5, 5.41) is 0. The molecule has 0 heterocycles. The van der Waals surface area contributed by atoms with E-state index >= 15 is 0 Å². The molecule has 1 aromatic rings. The summed E-state index contributed by atoms with van der Waals surface area (Å²) in [5.41, 5.74) is 3.01. The maximum atomic E-state index is 5.61. The van der Waals surface area contributed by atoms with E-state index in [2.05, 4.69) is 36.9 Å². The van der Waals surface area contributed by atoms with E-state index in [1.807, 2.05) is 6.92 Å². The smallest absolute Gasteiger partial charge is 0.119 e. The maximum absolute atomic E-state index is 5.61. The van der Waals surface area contributed by atoms with Crippen LogP contribution in [-0.4, -0.2) is 30.6 Å². The molecule has 1 atom stereocenters. The zero-order valence-corrected chi connectivity index (χ0v) is 12.6. The third kappa shape index (κ3) is 3.50. The largest absolute Gasteiger partial charge is 0.494 e. The van der Waals surface area contributed by atoms with Gasteiger partial charge in [0.05, 0.1) is 6.61 Å². The second kappa shape index (κ2) is 6.95. The Morgan fingerprint density at radius 1 is 1.05 bits per heavy atom. The molecule has 0 aromatic heterocycles. The third-order valence-electron chi connectivity index (χ3n) is 3.94. The second-order valence-electron chi connectivity index (χ2n) is 5.46. The third-order valence-corrected chi connectivity index (χ3v) is 3.94. The van der Waals surface area contributed by atoms with Gasteiger partial charge in [0.15, 0.2) is 0 Å². The van der Waals surface area contributed by atoms with Gasteiger partial charge in [0, 0.05) is 6.04 Å². The molecular weight excluding hydrogens is 234 g/mol. The van der Waals surface area contributed by atoms with Gasteiger partial charge in [-0.15, -0.1) is 0 Å². The van der Waals surface area contributed by atoms with Crippen LogP contribution < -0.4 is 4.74 Å². The van der Waals surface area contributed by atoms with Crippen LogP contribution in [0, 0.1) is 0 Å². The first-order valence-electron chi connectivity index (χ1n) is 7.77. The van der Waals surface area contributed by atoms with Gasteiger partial charge in [0.2, 0.25) is 0 Å². The average Bonchev–Trinajstić information content (AvgIpc) is 2.82. The SMILES string of the molecule is CCCN(CCC)[C@@H]1Cc2ccc(OCC)cc2C1. The van der Waals surface area contributed by atoms with Crippen molar-refractivity contribution in [3.05, 3.63) is 29.3 Å². The molecule has 1 aliphatic carbocycles. The Morgan fingerprint density at radius 2 is 1.74 bits per heavy atom. The molecule has 0 unspecified atom stereocenters. The van der Waals surface area contributed by atoms with Crippen molar-refractivity contribution in [1.29, 1.82) is 0 Å². The first kappa shape index (κ1) is 14.4. The fourth-order valence-corrected chi connectivity index (χ4v) is 3.14. The fraction of sp³-hybridized carbons (Fsp3) is 0.647. The second-order valence-corrected chi connectivity index (χ2v) is 5.46. The lowest BCUT2D eigenvalue weighted by atomic mass is 10.1.